The summed E-state index contributed by atoms with van der Waals surface area (Å²) >= 11 is 0. The Bertz CT molecular complexity index is 1420. The summed E-state index contributed by atoms with van der Waals surface area (Å²) in [6.07, 6.45) is 0.793. The van der Waals surface area contributed by atoms with Crippen LogP contribution in [0, 0.1) is 13.8 Å². The van der Waals surface area contributed by atoms with Crippen molar-refractivity contribution in [2.24, 2.45) is 5.73 Å². The lowest BCUT2D eigenvalue weighted by atomic mass is 9.86. The number of benzene rings is 2. The monoisotopic (exact) mass is 650 g/mol. The molecule has 0 saturated heterocycles. The van der Waals surface area contributed by atoms with E-state index >= 15 is 0 Å². The predicted octanol–water partition coefficient (Wildman–Crippen LogP) is 4.56. The standard InChI is InChI=1S/C36H50N4O7/c1-22-14-12-15-23(2)29(22)30(31(42)38-27(33(44)46-35(3,4)5)20-24-16-10-9-11-17-24)40(25-18-13-19-25)32(43)26(21-28(37)41)39-34(45)47-36(6,7)8/h9-12,14-17,25-27,30H,13,18-21H2,1-8H3,(H2,37,41)(H,38,42)(H,39,45). The van der Waals surface area contributed by atoms with Crippen LogP contribution in [0.5, 0.6) is 0 Å². The smallest absolute Gasteiger partial charge is 0.408 e. The largest absolute Gasteiger partial charge is 0.458 e. The highest BCUT2D eigenvalue weighted by molar-refractivity contribution is 5.96. The molecule has 1 aliphatic carbocycles. The molecule has 2 aromatic carbocycles. The minimum absolute atomic E-state index is 0.156. The van der Waals surface area contributed by atoms with Gasteiger partial charge in [0.15, 0.2) is 0 Å². The second kappa shape index (κ2) is 15.5. The van der Waals surface area contributed by atoms with Gasteiger partial charge in [-0.05, 0) is 96.9 Å². The number of hydrogen-bond donors (Lipinski definition) is 3. The normalized spacial score (nSPS) is 15.3. The maximum absolute atomic E-state index is 14.6. The van der Waals surface area contributed by atoms with Crippen LogP contribution in [0.3, 0.4) is 0 Å². The van der Waals surface area contributed by atoms with Gasteiger partial charge in [-0.2, -0.15) is 0 Å². The van der Waals surface area contributed by atoms with Crippen LogP contribution >= 0.6 is 0 Å². The van der Waals surface area contributed by atoms with Gasteiger partial charge in [-0.15, -0.1) is 0 Å². The van der Waals surface area contributed by atoms with Gasteiger partial charge in [-0.25, -0.2) is 9.59 Å². The van der Waals surface area contributed by atoms with E-state index in [9.17, 15) is 24.0 Å². The number of alkyl carbamates (subject to hydrolysis) is 1. The van der Waals surface area contributed by atoms with Crippen molar-refractivity contribution in [2.75, 3.05) is 0 Å². The molecular formula is C36H50N4O7. The quantitative estimate of drug-likeness (QED) is 0.284. The van der Waals surface area contributed by atoms with Gasteiger partial charge >= 0.3 is 12.1 Å². The number of nitrogens with two attached hydrogens (primary N) is 1. The second-order valence-corrected chi connectivity index (χ2v) is 14.2. The molecular weight excluding hydrogens is 600 g/mol. The molecule has 0 aliphatic heterocycles. The first-order valence-corrected chi connectivity index (χ1v) is 16.1. The van der Waals surface area contributed by atoms with E-state index in [0.29, 0.717) is 18.4 Å². The molecule has 2 aromatic rings. The van der Waals surface area contributed by atoms with Gasteiger partial charge in [0, 0.05) is 12.5 Å². The zero-order chi connectivity index (χ0) is 35.1. The number of amides is 4. The van der Waals surface area contributed by atoms with Crippen molar-refractivity contribution in [3.8, 4) is 0 Å². The minimum atomic E-state index is -1.39. The van der Waals surface area contributed by atoms with Crippen molar-refractivity contribution in [1.29, 1.82) is 0 Å². The first-order valence-electron chi connectivity index (χ1n) is 16.1. The van der Waals surface area contributed by atoms with Gasteiger partial charge in [0.2, 0.25) is 17.7 Å². The molecule has 256 valence electrons. The number of rotatable bonds is 12. The predicted molar refractivity (Wildman–Crippen MR) is 178 cm³/mol. The first kappa shape index (κ1) is 37.1. The molecule has 1 aliphatic rings. The lowest BCUT2D eigenvalue weighted by molar-refractivity contribution is -0.159. The minimum Gasteiger partial charge on any atom is -0.458 e. The lowest BCUT2D eigenvalue weighted by Gasteiger charge is -2.44. The van der Waals surface area contributed by atoms with Gasteiger partial charge < -0.3 is 30.7 Å². The Hall–Kier alpha value is -4.41. The number of hydrogen-bond acceptors (Lipinski definition) is 7. The highest BCUT2D eigenvalue weighted by Gasteiger charge is 2.44. The van der Waals surface area contributed by atoms with Gasteiger partial charge in [0.05, 0.1) is 6.42 Å². The van der Waals surface area contributed by atoms with E-state index in [1.54, 1.807) is 41.5 Å². The number of nitrogens with one attached hydrogen (secondary N) is 2. The molecule has 0 aromatic heterocycles. The van der Waals surface area contributed by atoms with E-state index in [0.717, 1.165) is 23.1 Å². The second-order valence-electron chi connectivity index (χ2n) is 14.2. The fourth-order valence-electron chi connectivity index (χ4n) is 5.54. The number of primary amides is 1. The molecule has 4 amide bonds. The van der Waals surface area contributed by atoms with Crippen molar-refractivity contribution in [3.63, 3.8) is 0 Å². The molecule has 11 heteroatoms. The van der Waals surface area contributed by atoms with E-state index in [1.165, 1.54) is 4.90 Å². The molecule has 3 atom stereocenters. The van der Waals surface area contributed by atoms with Crippen molar-refractivity contribution in [2.45, 2.75) is 123 Å². The van der Waals surface area contributed by atoms with Crippen molar-refractivity contribution in [1.82, 2.24) is 15.5 Å². The Morgan fingerprint density at radius 3 is 1.89 bits per heavy atom. The molecule has 47 heavy (non-hydrogen) atoms. The Kier molecular flexibility index (Phi) is 12.2. The summed E-state index contributed by atoms with van der Waals surface area (Å²) in [6.45, 7) is 14.0. The Morgan fingerprint density at radius 2 is 1.40 bits per heavy atom. The summed E-state index contributed by atoms with van der Waals surface area (Å²) in [7, 11) is 0. The number of ether oxygens (including phenoxy) is 2. The molecule has 0 heterocycles. The van der Waals surface area contributed by atoms with Gasteiger partial charge in [-0.3, -0.25) is 14.4 Å². The van der Waals surface area contributed by atoms with Crippen LogP contribution in [0.2, 0.25) is 0 Å². The van der Waals surface area contributed by atoms with Crippen LogP contribution in [0.1, 0.15) is 95.5 Å². The van der Waals surface area contributed by atoms with E-state index in [-0.39, 0.29) is 12.5 Å². The van der Waals surface area contributed by atoms with Gasteiger partial charge in [-0.1, -0.05) is 48.5 Å². The Balaban J connectivity index is 2.12. The van der Waals surface area contributed by atoms with Crippen LogP contribution < -0.4 is 16.4 Å². The third kappa shape index (κ3) is 10.8. The fraction of sp³-hybridized carbons (Fsp3) is 0.528. The molecule has 11 nitrogen and oxygen atoms in total. The fourth-order valence-corrected chi connectivity index (χ4v) is 5.54. The van der Waals surface area contributed by atoms with Crippen LogP contribution in [0.4, 0.5) is 4.79 Å². The maximum Gasteiger partial charge on any atom is 0.408 e. The molecule has 0 spiro atoms. The van der Waals surface area contributed by atoms with Crippen LogP contribution in [-0.2, 0) is 35.1 Å². The SMILES string of the molecule is Cc1cccc(C)c1C(C(=O)NC(Cc1ccccc1)C(=O)OC(C)(C)C)N(C(=O)C(CC(N)=O)NC(=O)OC(C)(C)C)C1CCC1. The lowest BCUT2D eigenvalue weighted by Crippen LogP contribution is -2.59. The highest BCUT2D eigenvalue weighted by Crippen LogP contribution is 2.36. The summed E-state index contributed by atoms with van der Waals surface area (Å²) in [6, 6.07) is 10.8. The average Bonchev–Trinajstić information content (AvgIpc) is 2.90. The molecule has 0 radical (unpaired) electrons. The number of esters is 1. The topological polar surface area (TPSA) is 157 Å². The zero-order valence-electron chi connectivity index (χ0n) is 28.8. The van der Waals surface area contributed by atoms with E-state index in [2.05, 4.69) is 10.6 Å². The van der Waals surface area contributed by atoms with Gasteiger partial charge in [0.25, 0.3) is 0 Å². The van der Waals surface area contributed by atoms with Crippen LogP contribution in [0.25, 0.3) is 0 Å². The number of carbonyl (C=O) groups excluding carboxylic acids is 5. The third-order valence-corrected chi connectivity index (χ3v) is 7.75. The maximum atomic E-state index is 14.6. The van der Waals surface area contributed by atoms with E-state index in [1.807, 2.05) is 62.4 Å². The van der Waals surface area contributed by atoms with E-state index in [4.69, 9.17) is 15.2 Å². The molecule has 0 bridgehead atoms. The molecule has 1 fully saturated rings. The summed E-state index contributed by atoms with van der Waals surface area (Å²) in [4.78, 5) is 69.2. The third-order valence-electron chi connectivity index (χ3n) is 7.75. The number of nitrogens with zero attached hydrogens (tertiary/aromatic N) is 1. The Labute approximate surface area is 277 Å². The van der Waals surface area contributed by atoms with E-state index < -0.39 is 65.5 Å². The summed E-state index contributed by atoms with van der Waals surface area (Å²) in [5.41, 5.74) is 6.77. The van der Waals surface area contributed by atoms with Crippen molar-refractivity contribution in [3.05, 3.63) is 70.8 Å². The average molecular weight is 651 g/mol. The Morgan fingerprint density at radius 1 is 0.830 bits per heavy atom. The summed E-state index contributed by atoms with van der Waals surface area (Å²) in [5.74, 6) is -2.67. The number of carbonyl (C=O) groups is 5. The molecule has 3 rings (SSSR count). The van der Waals surface area contributed by atoms with Crippen LogP contribution in [-0.4, -0.2) is 64.0 Å². The summed E-state index contributed by atoms with van der Waals surface area (Å²) in [5, 5.41) is 5.44. The highest BCUT2D eigenvalue weighted by atomic mass is 16.6. The number of aryl methyl sites for hydroxylation is 2. The molecule has 4 N–H and O–H groups in total. The van der Waals surface area contributed by atoms with Crippen molar-refractivity contribution >= 4 is 29.8 Å². The molecule has 3 unspecified atom stereocenters. The summed E-state index contributed by atoms with van der Waals surface area (Å²) < 4.78 is 11.1. The van der Waals surface area contributed by atoms with Gasteiger partial charge in [0.1, 0.15) is 29.3 Å². The van der Waals surface area contributed by atoms with Crippen molar-refractivity contribution < 1.29 is 33.4 Å². The first-order chi connectivity index (χ1) is 21.9. The molecule has 1 saturated carbocycles. The zero-order valence-corrected chi connectivity index (χ0v) is 28.8. The van der Waals surface area contributed by atoms with Crippen LogP contribution in [0.15, 0.2) is 48.5 Å².